The van der Waals surface area contributed by atoms with E-state index in [9.17, 15) is 0 Å². The number of rotatable bonds is 5. The van der Waals surface area contributed by atoms with E-state index >= 15 is 0 Å². The van der Waals surface area contributed by atoms with Crippen LogP contribution in [0.4, 0.5) is 0 Å². The molecule has 1 unspecified atom stereocenters. The first-order valence-electron chi connectivity index (χ1n) is 6.44. The van der Waals surface area contributed by atoms with Crippen molar-refractivity contribution in [3.63, 3.8) is 0 Å². The third-order valence-corrected chi connectivity index (χ3v) is 4.40. The van der Waals surface area contributed by atoms with Crippen molar-refractivity contribution in [2.24, 2.45) is 5.84 Å². The summed E-state index contributed by atoms with van der Waals surface area (Å²) >= 11 is 1.71. The third-order valence-electron chi connectivity index (χ3n) is 3.70. The van der Waals surface area contributed by atoms with E-state index in [1.54, 1.807) is 11.3 Å². The lowest BCUT2D eigenvalue weighted by Crippen LogP contribution is -2.49. The second-order valence-corrected chi connectivity index (χ2v) is 5.49. The van der Waals surface area contributed by atoms with Crippen LogP contribution in [0.25, 0.3) is 0 Å². The van der Waals surface area contributed by atoms with E-state index < -0.39 is 0 Å². The predicted octanol–water partition coefficient (Wildman–Crippen LogP) is 2.99. The van der Waals surface area contributed by atoms with Gasteiger partial charge in [-0.2, -0.15) is 11.3 Å². The Bertz CT molecular complexity index is 315. The molecular formula is C13H22N2OS. The predicted molar refractivity (Wildman–Crippen MR) is 71.8 cm³/mol. The summed E-state index contributed by atoms with van der Waals surface area (Å²) in [6, 6.07) is 2.26. The van der Waals surface area contributed by atoms with Crippen molar-refractivity contribution in [3.05, 3.63) is 22.4 Å². The number of ether oxygens (including phenoxy) is 1. The molecule has 0 radical (unpaired) electrons. The van der Waals surface area contributed by atoms with Gasteiger partial charge in [-0.3, -0.25) is 11.3 Å². The number of hydrazine groups is 1. The molecule has 96 valence electrons. The van der Waals surface area contributed by atoms with Crippen LogP contribution in [-0.4, -0.2) is 12.2 Å². The van der Waals surface area contributed by atoms with Crippen molar-refractivity contribution in [1.82, 2.24) is 5.43 Å². The van der Waals surface area contributed by atoms with Gasteiger partial charge in [-0.15, -0.1) is 0 Å². The van der Waals surface area contributed by atoms with Crippen molar-refractivity contribution in [2.45, 2.75) is 50.7 Å². The van der Waals surface area contributed by atoms with Crippen molar-refractivity contribution < 1.29 is 4.74 Å². The van der Waals surface area contributed by atoms with Gasteiger partial charge in [-0.25, -0.2) is 0 Å². The number of thiophene rings is 1. The van der Waals surface area contributed by atoms with Crippen LogP contribution < -0.4 is 11.3 Å². The van der Waals surface area contributed by atoms with E-state index in [-0.39, 0.29) is 11.6 Å². The molecule has 1 aromatic rings. The van der Waals surface area contributed by atoms with Gasteiger partial charge in [-0.05, 0) is 42.2 Å². The first-order chi connectivity index (χ1) is 8.32. The van der Waals surface area contributed by atoms with Crippen LogP contribution in [0.1, 0.15) is 50.6 Å². The van der Waals surface area contributed by atoms with Crippen molar-refractivity contribution in [3.8, 4) is 0 Å². The molecule has 1 aliphatic carbocycles. The monoisotopic (exact) mass is 254 g/mol. The lowest BCUT2D eigenvalue weighted by molar-refractivity contribution is -0.0912. The first-order valence-corrected chi connectivity index (χ1v) is 7.39. The summed E-state index contributed by atoms with van der Waals surface area (Å²) in [5, 5.41) is 4.27. The number of hydrogen-bond donors (Lipinski definition) is 2. The zero-order chi connectivity index (χ0) is 12.1. The molecule has 1 aliphatic rings. The van der Waals surface area contributed by atoms with Gasteiger partial charge in [0.2, 0.25) is 0 Å². The number of hydrogen-bond acceptors (Lipinski definition) is 4. The lowest BCUT2D eigenvalue weighted by Gasteiger charge is -2.42. The third kappa shape index (κ3) is 2.71. The summed E-state index contributed by atoms with van der Waals surface area (Å²) in [6.07, 6.45) is 6.00. The van der Waals surface area contributed by atoms with Crippen molar-refractivity contribution >= 4 is 11.3 Å². The minimum absolute atomic E-state index is 0.108. The fourth-order valence-electron chi connectivity index (χ4n) is 2.95. The van der Waals surface area contributed by atoms with Gasteiger partial charge in [0, 0.05) is 6.61 Å². The maximum atomic E-state index is 6.11. The first kappa shape index (κ1) is 13.0. The Morgan fingerprint density at radius 3 is 2.76 bits per heavy atom. The summed E-state index contributed by atoms with van der Waals surface area (Å²) in [5.41, 5.74) is 4.13. The largest absolute Gasteiger partial charge is 0.373 e. The highest BCUT2D eigenvalue weighted by Crippen LogP contribution is 2.41. The highest BCUT2D eigenvalue weighted by molar-refractivity contribution is 7.07. The molecule has 0 amide bonds. The Balaban J connectivity index is 2.23. The molecule has 1 atom stereocenters. The second-order valence-electron chi connectivity index (χ2n) is 4.71. The van der Waals surface area contributed by atoms with Crippen molar-refractivity contribution in [1.29, 1.82) is 0 Å². The van der Waals surface area contributed by atoms with Crippen LogP contribution in [0.15, 0.2) is 16.8 Å². The van der Waals surface area contributed by atoms with Gasteiger partial charge >= 0.3 is 0 Å². The van der Waals surface area contributed by atoms with Crippen LogP contribution in [0, 0.1) is 0 Å². The Morgan fingerprint density at radius 1 is 1.47 bits per heavy atom. The molecule has 1 aromatic heterocycles. The molecule has 0 bridgehead atoms. The van der Waals surface area contributed by atoms with Gasteiger partial charge in [-0.1, -0.05) is 19.3 Å². The SMILES string of the molecule is CCOC1(C(NN)c2ccsc2)CCCCC1. The summed E-state index contributed by atoms with van der Waals surface area (Å²) in [4.78, 5) is 0. The molecule has 3 nitrogen and oxygen atoms in total. The molecular weight excluding hydrogens is 232 g/mol. The molecule has 0 spiro atoms. The molecule has 0 aliphatic heterocycles. The Hall–Kier alpha value is -0.420. The summed E-state index contributed by atoms with van der Waals surface area (Å²) in [6.45, 7) is 2.82. The zero-order valence-electron chi connectivity index (χ0n) is 10.4. The van der Waals surface area contributed by atoms with Crippen LogP contribution in [-0.2, 0) is 4.74 Å². The molecule has 0 aromatic carbocycles. The summed E-state index contributed by atoms with van der Waals surface area (Å²) in [5.74, 6) is 5.78. The highest BCUT2D eigenvalue weighted by atomic mass is 32.1. The minimum atomic E-state index is -0.108. The van der Waals surface area contributed by atoms with Gasteiger partial charge in [0.15, 0.2) is 0 Å². The highest BCUT2D eigenvalue weighted by Gasteiger charge is 2.41. The Labute approximate surface area is 107 Å². The average molecular weight is 254 g/mol. The number of nitrogens with one attached hydrogen (secondary N) is 1. The van der Waals surface area contributed by atoms with Gasteiger partial charge in [0.1, 0.15) is 0 Å². The summed E-state index contributed by atoms with van der Waals surface area (Å²) < 4.78 is 6.11. The Morgan fingerprint density at radius 2 is 2.24 bits per heavy atom. The smallest absolute Gasteiger partial charge is 0.0889 e. The molecule has 1 saturated carbocycles. The standard InChI is InChI=1S/C13H22N2OS/c1-2-16-13(7-4-3-5-8-13)12(15-14)11-6-9-17-10-11/h6,9-10,12,15H,2-5,7-8,14H2,1H3. The normalized spacial score (nSPS) is 21.3. The van der Waals surface area contributed by atoms with E-state index in [0.29, 0.717) is 0 Å². The van der Waals surface area contributed by atoms with E-state index in [1.165, 1.54) is 24.8 Å². The van der Waals surface area contributed by atoms with Crippen LogP contribution in [0.5, 0.6) is 0 Å². The maximum absolute atomic E-state index is 6.11. The molecule has 1 fully saturated rings. The maximum Gasteiger partial charge on any atom is 0.0889 e. The van der Waals surface area contributed by atoms with Gasteiger partial charge in [0.05, 0.1) is 11.6 Å². The molecule has 3 N–H and O–H groups in total. The van der Waals surface area contributed by atoms with E-state index in [1.807, 2.05) is 0 Å². The van der Waals surface area contributed by atoms with Crippen LogP contribution in [0.2, 0.25) is 0 Å². The van der Waals surface area contributed by atoms with Crippen LogP contribution >= 0.6 is 11.3 Å². The quantitative estimate of drug-likeness (QED) is 0.627. The topological polar surface area (TPSA) is 47.3 Å². The lowest BCUT2D eigenvalue weighted by atomic mass is 9.77. The fourth-order valence-corrected chi connectivity index (χ4v) is 3.63. The van der Waals surface area contributed by atoms with Gasteiger partial charge < -0.3 is 4.74 Å². The van der Waals surface area contributed by atoms with E-state index in [0.717, 1.165) is 19.4 Å². The minimum Gasteiger partial charge on any atom is -0.373 e. The molecule has 17 heavy (non-hydrogen) atoms. The zero-order valence-corrected chi connectivity index (χ0v) is 11.3. The van der Waals surface area contributed by atoms with Crippen molar-refractivity contribution in [2.75, 3.05) is 6.61 Å². The second kappa shape index (κ2) is 5.96. The van der Waals surface area contributed by atoms with Crippen LogP contribution in [0.3, 0.4) is 0 Å². The fraction of sp³-hybridized carbons (Fsp3) is 0.692. The molecule has 2 rings (SSSR count). The van der Waals surface area contributed by atoms with Gasteiger partial charge in [0.25, 0.3) is 0 Å². The number of nitrogens with two attached hydrogens (primary N) is 1. The Kier molecular flexibility index (Phi) is 4.56. The average Bonchev–Trinajstić information content (AvgIpc) is 2.85. The molecule has 4 heteroatoms. The van der Waals surface area contributed by atoms with E-state index in [2.05, 4.69) is 29.2 Å². The molecule has 0 saturated heterocycles. The molecule has 1 heterocycles. The summed E-state index contributed by atoms with van der Waals surface area (Å²) in [7, 11) is 0. The van der Waals surface area contributed by atoms with E-state index in [4.69, 9.17) is 10.6 Å².